The second-order valence-corrected chi connectivity index (χ2v) is 5.26. The number of rotatable bonds is 6. The predicted molar refractivity (Wildman–Crippen MR) is 79.2 cm³/mol. The Morgan fingerprint density at radius 1 is 1.26 bits per heavy atom. The van der Waals surface area contributed by atoms with Crippen molar-refractivity contribution in [3.05, 3.63) is 5.69 Å². The van der Waals surface area contributed by atoms with Crippen molar-refractivity contribution in [3.63, 3.8) is 0 Å². The summed E-state index contributed by atoms with van der Waals surface area (Å²) >= 11 is 0. The minimum absolute atomic E-state index is 0.373. The van der Waals surface area contributed by atoms with Gasteiger partial charge >= 0.3 is 0 Å². The van der Waals surface area contributed by atoms with Crippen molar-refractivity contribution in [3.8, 4) is 0 Å². The summed E-state index contributed by atoms with van der Waals surface area (Å²) in [6.07, 6.45) is 4.88. The highest BCUT2D eigenvalue weighted by molar-refractivity contribution is 5.77. The van der Waals surface area contributed by atoms with E-state index >= 15 is 0 Å². The van der Waals surface area contributed by atoms with Gasteiger partial charge in [0.05, 0.1) is 5.69 Å². The Morgan fingerprint density at radius 2 is 2.00 bits per heavy atom. The molecule has 1 atom stereocenters. The molecule has 2 aromatic rings. The summed E-state index contributed by atoms with van der Waals surface area (Å²) in [5.41, 5.74) is 9.08. The molecule has 19 heavy (non-hydrogen) atoms. The molecular formula is C14H25N5. The van der Waals surface area contributed by atoms with Gasteiger partial charge in [-0.3, -0.25) is 4.57 Å². The third-order valence-electron chi connectivity index (χ3n) is 3.74. The first kappa shape index (κ1) is 13.9. The monoisotopic (exact) mass is 263 g/mol. The molecule has 0 aliphatic carbocycles. The lowest BCUT2D eigenvalue weighted by Gasteiger charge is -2.16. The van der Waals surface area contributed by atoms with Gasteiger partial charge in [-0.2, -0.15) is 5.10 Å². The van der Waals surface area contributed by atoms with Crippen molar-refractivity contribution < 1.29 is 0 Å². The van der Waals surface area contributed by atoms with E-state index < -0.39 is 0 Å². The van der Waals surface area contributed by atoms with E-state index in [4.69, 9.17) is 5.73 Å². The van der Waals surface area contributed by atoms with Gasteiger partial charge in [0.25, 0.3) is 0 Å². The summed E-state index contributed by atoms with van der Waals surface area (Å²) in [7, 11) is 0. The molecule has 2 N–H and O–H groups in total. The zero-order valence-corrected chi connectivity index (χ0v) is 12.5. The number of nitrogens with two attached hydrogens (primary N) is 1. The fourth-order valence-corrected chi connectivity index (χ4v) is 2.68. The quantitative estimate of drug-likeness (QED) is 0.813. The molecule has 0 saturated carbocycles. The standard InChI is InChI=1S/C14H25N5/c1-5-7-8-9-10(3)19-13-12(16-14(19)15)11(4)17-18(13)6-2/h10H,5-9H2,1-4H3,(H2,15,16). The number of anilines is 1. The van der Waals surface area contributed by atoms with Crippen molar-refractivity contribution in [1.29, 1.82) is 0 Å². The Bertz CT molecular complexity index is 552. The number of nitrogen functional groups attached to an aromatic ring is 1. The number of fused-ring (bicyclic) bond motifs is 1. The van der Waals surface area contributed by atoms with E-state index in [0.29, 0.717) is 12.0 Å². The third-order valence-corrected chi connectivity index (χ3v) is 3.74. The van der Waals surface area contributed by atoms with Gasteiger partial charge in [-0.15, -0.1) is 0 Å². The average molecular weight is 263 g/mol. The van der Waals surface area contributed by atoms with E-state index in [9.17, 15) is 0 Å². The number of aryl methyl sites for hydroxylation is 2. The minimum Gasteiger partial charge on any atom is -0.369 e. The number of hydrogen-bond acceptors (Lipinski definition) is 3. The van der Waals surface area contributed by atoms with Crippen molar-refractivity contribution in [1.82, 2.24) is 19.3 Å². The van der Waals surface area contributed by atoms with Crippen LogP contribution in [0.5, 0.6) is 0 Å². The van der Waals surface area contributed by atoms with Crippen LogP contribution >= 0.6 is 0 Å². The fraction of sp³-hybridized carbons (Fsp3) is 0.714. The van der Waals surface area contributed by atoms with Gasteiger partial charge in [-0.25, -0.2) is 9.67 Å². The molecule has 0 spiro atoms. The van der Waals surface area contributed by atoms with Crippen LogP contribution in [0.2, 0.25) is 0 Å². The first-order chi connectivity index (χ1) is 9.10. The van der Waals surface area contributed by atoms with Crippen LogP contribution in [-0.4, -0.2) is 19.3 Å². The van der Waals surface area contributed by atoms with Crippen LogP contribution < -0.4 is 5.73 Å². The highest BCUT2D eigenvalue weighted by Gasteiger charge is 2.19. The molecule has 0 aromatic carbocycles. The first-order valence-corrected chi connectivity index (χ1v) is 7.30. The molecule has 2 heterocycles. The maximum absolute atomic E-state index is 6.11. The van der Waals surface area contributed by atoms with Crippen molar-refractivity contribution in [2.24, 2.45) is 0 Å². The van der Waals surface area contributed by atoms with Gasteiger partial charge in [-0.05, 0) is 27.2 Å². The van der Waals surface area contributed by atoms with E-state index in [0.717, 1.165) is 29.8 Å². The number of hydrogen-bond donors (Lipinski definition) is 1. The van der Waals surface area contributed by atoms with E-state index in [1.807, 2.05) is 11.6 Å². The summed E-state index contributed by atoms with van der Waals surface area (Å²) in [5.74, 6) is 0.613. The summed E-state index contributed by atoms with van der Waals surface area (Å²) < 4.78 is 4.15. The van der Waals surface area contributed by atoms with E-state index in [2.05, 4.69) is 35.4 Å². The molecule has 0 fully saturated rings. The largest absolute Gasteiger partial charge is 0.369 e. The van der Waals surface area contributed by atoms with E-state index in [1.165, 1.54) is 19.3 Å². The van der Waals surface area contributed by atoms with Crippen molar-refractivity contribution in [2.45, 2.75) is 66.0 Å². The van der Waals surface area contributed by atoms with E-state index in [-0.39, 0.29) is 0 Å². The molecule has 2 aromatic heterocycles. The molecular weight excluding hydrogens is 238 g/mol. The fourth-order valence-electron chi connectivity index (χ4n) is 2.68. The van der Waals surface area contributed by atoms with Crippen molar-refractivity contribution in [2.75, 3.05) is 5.73 Å². The predicted octanol–water partition coefficient (Wildman–Crippen LogP) is 3.28. The summed E-state index contributed by atoms with van der Waals surface area (Å²) in [5, 5.41) is 4.53. The molecule has 0 radical (unpaired) electrons. The topological polar surface area (TPSA) is 61.7 Å². The Labute approximate surface area is 114 Å². The number of unbranched alkanes of at least 4 members (excludes halogenated alkanes) is 2. The Kier molecular flexibility index (Phi) is 4.12. The van der Waals surface area contributed by atoms with Gasteiger partial charge in [0.15, 0.2) is 5.65 Å². The van der Waals surface area contributed by atoms with Crippen LogP contribution in [0, 0.1) is 6.92 Å². The van der Waals surface area contributed by atoms with Crippen LogP contribution in [0.4, 0.5) is 5.95 Å². The lowest BCUT2D eigenvalue weighted by atomic mass is 10.1. The van der Waals surface area contributed by atoms with Gasteiger partial charge < -0.3 is 5.73 Å². The maximum atomic E-state index is 6.11. The number of nitrogens with zero attached hydrogens (tertiary/aromatic N) is 4. The normalized spacial score (nSPS) is 13.3. The van der Waals surface area contributed by atoms with E-state index in [1.54, 1.807) is 0 Å². The van der Waals surface area contributed by atoms with Crippen LogP contribution in [0.3, 0.4) is 0 Å². The molecule has 0 bridgehead atoms. The van der Waals surface area contributed by atoms with Gasteiger partial charge in [0, 0.05) is 12.6 Å². The molecule has 0 saturated heterocycles. The molecule has 1 unspecified atom stereocenters. The van der Waals surface area contributed by atoms with Gasteiger partial charge in [-0.1, -0.05) is 26.2 Å². The molecule has 0 aliphatic rings. The zero-order chi connectivity index (χ0) is 14.0. The lowest BCUT2D eigenvalue weighted by molar-refractivity contribution is 0.481. The van der Waals surface area contributed by atoms with Gasteiger partial charge in [0.2, 0.25) is 5.95 Å². The highest BCUT2D eigenvalue weighted by atomic mass is 15.4. The Hall–Kier alpha value is -1.52. The average Bonchev–Trinajstić information content (AvgIpc) is 2.87. The molecule has 5 heteroatoms. The minimum atomic E-state index is 0.373. The molecule has 106 valence electrons. The van der Waals surface area contributed by atoms with Crippen LogP contribution in [-0.2, 0) is 6.54 Å². The number of imidazole rings is 1. The number of aromatic nitrogens is 4. The molecule has 5 nitrogen and oxygen atoms in total. The summed E-state index contributed by atoms with van der Waals surface area (Å²) in [4.78, 5) is 4.49. The van der Waals surface area contributed by atoms with Crippen LogP contribution in [0.1, 0.15) is 58.2 Å². The molecule has 2 rings (SSSR count). The van der Waals surface area contributed by atoms with Crippen LogP contribution in [0.25, 0.3) is 11.2 Å². The Morgan fingerprint density at radius 3 is 2.63 bits per heavy atom. The maximum Gasteiger partial charge on any atom is 0.202 e. The van der Waals surface area contributed by atoms with Gasteiger partial charge in [0.1, 0.15) is 5.52 Å². The lowest BCUT2D eigenvalue weighted by Crippen LogP contribution is -2.12. The Balaban J connectivity index is 2.38. The zero-order valence-electron chi connectivity index (χ0n) is 12.5. The second kappa shape index (κ2) is 5.63. The van der Waals surface area contributed by atoms with Crippen molar-refractivity contribution >= 4 is 17.1 Å². The second-order valence-electron chi connectivity index (χ2n) is 5.26. The smallest absolute Gasteiger partial charge is 0.202 e. The summed E-state index contributed by atoms with van der Waals surface area (Å²) in [6, 6.07) is 0.373. The van der Waals surface area contributed by atoms with Crippen LogP contribution in [0.15, 0.2) is 0 Å². The highest BCUT2D eigenvalue weighted by Crippen LogP contribution is 2.27. The first-order valence-electron chi connectivity index (χ1n) is 7.30. The summed E-state index contributed by atoms with van der Waals surface area (Å²) in [6.45, 7) is 9.38. The molecule has 0 amide bonds. The SMILES string of the molecule is CCCCCC(C)n1c(N)nc2c(C)nn(CC)c21. The molecule has 0 aliphatic heterocycles. The third kappa shape index (κ3) is 2.46.